The molecular weight excluding hydrogens is 196 g/mol. The standard InChI is InChI=1S/C10H18N2O3/c1-3-12-9(13)8-11-7-5-6-10(14)15-4-2/h5-6,11H,3-4,7-8H2,1-2H3,(H,12,13)/b6-5+. The van der Waals surface area contributed by atoms with Gasteiger partial charge in [0.1, 0.15) is 0 Å². The number of amides is 1. The average molecular weight is 214 g/mol. The van der Waals surface area contributed by atoms with Crippen LogP contribution in [0.15, 0.2) is 12.2 Å². The van der Waals surface area contributed by atoms with Crippen LogP contribution in [-0.2, 0) is 14.3 Å². The smallest absolute Gasteiger partial charge is 0.330 e. The van der Waals surface area contributed by atoms with Crippen molar-refractivity contribution in [2.45, 2.75) is 13.8 Å². The van der Waals surface area contributed by atoms with E-state index in [2.05, 4.69) is 15.4 Å². The normalized spacial score (nSPS) is 10.3. The van der Waals surface area contributed by atoms with Crippen molar-refractivity contribution in [3.63, 3.8) is 0 Å². The molecule has 1 amide bonds. The van der Waals surface area contributed by atoms with E-state index in [4.69, 9.17) is 0 Å². The van der Waals surface area contributed by atoms with Crippen molar-refractivity contribution in [1.29, 1.82) is 0 Å². The van der Waals surface area contributed by atoms with Gasteiger partial charge in [0, 0.05) is 19.2 Å². The van der Waals surface area contributed by atoms with Crippen LogP contribution in [0, 0.1) is 0 Å². The lowest BCUT2D eigenvalue weighted by Gasteiger charge is -2.01. The highest BCUT2D eigenvalue weighted by Gasteiger charge is 1.96. The Labute approximate surface area is 89.9 Å². The molecule has 0 aromatic rings. The van der Waals surface area contributed by atoms with E-state index in [0.717, 1.165) is 0 Å². The summed E-state index contributed by atoms with van der Waals surface area (Å²) in [7, 11) is 0. The maximum Gasteiger partial charge on any atom is 0.330 e. The molecule has 0 aliphatic rings. The largest absolute Gasteiger partial charge is 0.463 e. The minimum atomic E-state index is -0.364. The highest BCUT2D eigenvalue weighted by Crippen LogP contribution is 1.79. The lowest BCUT2D eigenvalue weighted by atomic mass is 10.4. The van der Waals surface area contributed by atoms with Gasteiger partial charge in [-0.1, -0.05) is 6.08 Å². The molecule has 0 fully saturated rings. The lowest BCUT2D eigenvalue weighted by Crippen LogP contribution is -2.33. The van der Waals surface area contributed by atoms with Gasteiger partial charge in [-0.15, -0.1) is 0 Å². The van der Waals surface area contributed by atoms with Gasteiger partial charge in [0.05, 0.1) is 13.2 Å². The molecule has 0 atom stereocenters. The van der Waals surface area contributed by atoms with Crippen molar-refractivity contribution < 1.29 is 14.3 Å². The van der Waals surface area contributed by atoms with Crippen molar-refractivity contribution in [1.82, 2.24) is 10.6 Å². The summed E-state index contributed by atoms with van der Waals surface area (Å²) in [6.45, 7) is 5.32. The molecule has 0 radical (unpaired) electrons. The molecule has 0 aliphatic heterocycles. The molecule has 0 saturated heterocycles. The van der Waals surface area contributed by atoms with Crippen LogP contribution in [0.5, 0.6) is 0 Å². The number of esters is 1. The number of hydrogen-bond donors (Lipinski definition) is 2. The predicted molar refractivity (Wildman–Crippen MR) is 57.3 cm³/mol. The Hall–Kier alpha value is -1.36. The van der Waals surface area contributed by atoms with Crippen LogP contribution < -0.4 is 10.6 Å². The number of carbonyl (C=O) groups excluding carboxylic acids is 2. The highest BCUT2D eigenvalue weighted by molar-refractivity contribution is 5.82. The van der Waals surface area contributed by atoms with Gasteiger partial charge < -0.3 is 15.4 Å². The zero-order valence-electron chi connectivity index (χ0n) is 9.21. The molecule has 86 valence electrons. The molecule has 0 aliphatic carbocycles. The molecule has 5 heteroatoms. The molecule has 0 aromatic heterocycles. The van der Waals surface area contributed by atoms with Crippen molar-refractivity contribution in [2.75, 3.05) is 26.2 Å². The molecular formula is C10H18N2O3. The Kier molecular flexibility index (Phi) is 8.37. The zero-order chi connectivity index (χ0) is 11.5. The van der Waals surface area contributed by atoms with Gasteiger partial charge >= 0.3 is 5.97 Å². The molecule has 15 heavy (non-hydrogen) atoms. The van der Waals surface area contributed by atoms with Crippen LogP contribution in [0.2, 0.25) is 0 Å². The van der Waals surface area contributed by atoms with E-state index in [-0.39, 0.29) is 18.4 Å². The molecule has 0 bridgehead atoms. The zero-order valence-corrected chi connectivity index (χ0v) is 9.21. The van der Waals surface area contributed by atoms with Gasteiger partial charge in [0.25, 0.3) is 0 Å². The van der Waals surface area contributed by atoms with Crippen LogP contribution in [0.4, 0.5) is 0 Å². The van der Waals surface area contributed by atoms with Gasteiger partial charge in [-0.3, -0.25) is 4.79 Å². The molecule has 0 unspecified atom stereocenters. The third kappa shape index (κ3) is 8.96. The molecule has 0 spiro atoms. The van der Waals surface area contributed by atoms with E-state index < -0.39 is 0 Å². The van der Waals surface area contributed by atoms with Crippen LogP contribution in [0.1, 0.15) is 13.8 Å². The van der Waals surface area contributed by atoms with Crippen LogP contribution in [0.3, 0.4) is 0 Å². The van der Waals surface area contributed by atoms with Gasteiger partial charge in [-0.25, -0.2) is 4.79 Å². The van der Waals surface area contributed by atoms with Gasteiger partial charge in [-0.2, -0.15) is 0 Å². The van der Waals surface area contributed by atoms with Gasteiger partial charge in [0.15, 0.2) is 0 Å². The monoisotopic (exact) mass is 214 g/mol. The van der Waals surface area contributed by atoms with E-state index in [1.54, 1.807) is 13.0 Å². The summed E-state index contributed by atoms with van der Waals surface area (Å²) >= 11 is 0. The first-order chi connectivity index (χ1) is 7.20. The van der Waals surface area contributed by atoms with E-state index in [9.17, 15) is 9.59 Å². The highest BCUT2D eigenvalue weighted by atomic mass is 16.5. The minimum Gasteiger partial charge on any atom is -0.463 e. The summed E-state index contributed by atoms with van der Waals surface area (Å²) in [5.41, 5.74) is 0. The van der Waals surface area contributed by atoms with Crippen molar-refractivity contribution >= 4 is 11.9 Å². The lowest BCUT2D eigenvalue weighted by molar-refractivity contribution is -0.137. The number of ether oxygens (including phenoxy) is 1. The molecule has 0 aromatic carbocycles. The third-order valence-electron chi connectivity index (χ3n) is 1.46. The fraction of sp³-hybridized carbons (Fsp3) is 0.600. The SMILES string of the molecule is CCNC(=O)CNC/C=C/C(=O)OCC. The second kappa shape index (κ2) is 9.21. The quantitative estimate of drug-likeness (QED) is 0.351. The summed E-state index contributed by atoms with van der Waals surface area (Å²) < 4.78 is 4.68. The second-order valence-corrected chi connectivity index (χ2v) is 2.74. The first kappa shape index (κ1) is 13.6. The van der Waals surface area contributed by atoms with Gasteiger partial charge in [0.2, 0.25) is 5.91 Å². The summed E-state index contributed by atoms with van der Waals surface area (Å²) in [5.74, 6) is -0.417. The molecule has 5 nitrogen and oxygen atoms in total. The van der Waals surface area contributed by atoms with Crippen molar-refractivity contribution in [3.05, 3.63) is 12.2 Å². The van der Waals surface area contributed by atoms with Crippen molar-refractivity contribution in [2.24, 2.45) is 0 Å². The second-order valence-electron chi connectivity index (χ2n) is 2.74. The first-order valence-corrected chi connectivity index (χ1v) is 5.01. The predicted octanol–water partition coefficient (Wildman–Crippen LogP) is -0.169. The Morgan fingerprint density at radius 1 is 1.33 bits per heavy atom. The fourth-order valence-electron chi connectivity index (χ4n) is 0.874. The van der Waals surface area contributed by atoms with Gasteiger partial charge in [-0.05, 0) is 13.8 Å². The number of rotatable bonds is 7. The van der Waals surface area contributed by atoms with E-state index in [1.165, 1.54) is 6.08 Å². The summed E-state index contributed by atoms with van der Waals surface area (Å²) in [5, 5.41) is 5.51. The third-order valence-corrected chi connectivity index (χ3v) is 1.46. The minimum absolute atomic E-state index is 0.0537. The van der Waals surface area contributed by atoms with Crippen LogP contribution in [0.25, 0.3) is 0 Å². The number of nitrogens with one attached hydrogen (secondary N) is 2. The van der Waals surface area contributed by atoms with E-state index in [1.807, 2.05) is 6.92 Å². The maximum atomic E-state index is 11.0. The Morgan fingerprint density at radius 3 is 2.67 bits per heavy atom. The molecule has 0 saturated carbocycles. The van der Waals surface area contributed by atoms with Crippen molar-refractivity contribution in [3.8, 4) is 0 Å². The van der Waals surface area contributed by atoms with Crippen LogP contribution >= 0.6 is 0 Å². The topological polar surface area (TPSA) is 67.4 Å². The summed E-state index contributed by atoms with van der Waals surface area (Å²) in [4.78, 5) is 21.8. The number of likely N-dealkylation sites (N-methyl/N-ethyl adjacent to an activating group) is 1. The molecule has 2 N–H and O–H groups in total. The summed E-state index contributed by atoms with van der Waals surface area (Å²) in [6, 6.07) is 0. The molecule has 0 rings (SSSR count). The maximum absolute atomic E-state index is 11.0. The Bertz CT molecular complexity index is 227. The van der Waals surface area contributed by atoms with Crippen LogP contribution in [-0.4, -0.2) is 38.1 Å². The first-order valence-electron chi connectivity index (χ1n) is 5.01. The Morgan fingerprint density at radius 2 is 2.07 bits per heavy atom. The number of carbonyl (C=O) groups is 2. The fourth-order valence-corrected chi connectivity index (χ4v) is 0.874. The van der Waals surface area contributed by atoms with E-state index in [0.29, 0.717) is 19.7 Å². The summed E-state index contributed by atoms with van der Waals surface area (Å²) in [6.07, 6.45) is 2.96. The number of hydrogen-bond acceptors (Lipinski definition) is 4. The molecule has 0 heterocycles. The van der Waals surface area contributed by atoms with E-state index >= 15 is 0 Å². The Balaban J connectivity index is 3.45. The average Bonchev–Trinajstić information content (AvgIpc) is 2.18.